The molecule has 0 saturated heterocycles. The number of rotatable bonds is 5. The fourth-order valence-corrected chi connectivity index (χ4v) is 2.66. The number of halogens is 1. The van der Waals surface area contributed by atoms with Crippen LogP contribution >= 0.6 is 0 Å². The van der Waals surface area contributed by atoms with Crippen LogP contribution in [0.5, 0.6) is 0 Å². The van der Waals surface area contributed by atoms with E-state index in [4.69, 9.17) is 10.4 Å². The second-order valence-electron chi connectivity index (χ2n) is 4.22. The second-order valence-corrected chi connectivity index (χ2v) is 6.23. The van der Waals surface area contributed by atoms with Gasteiger partial charge in [0.05, 0.1) is 17.7 Å². The van der Waals surface area contributed by atoms with Gasteiger partial charge in [0, 0.05) is 13.6 Å². The first-order valence-corrected chi connectivity index (χ1v) is 7.07. The molecule has 1 aromatic rings. The third-order valence-electron chi connectivity index (χ3n) is 2.61. The molecule has 0 heterocycles. The van der Waals surface area contributed by atoms with Crippen LogP contribution in [0.4, 0.5) is 4.39 Å². The summed E-state index contributed by atoms with van der Waals surface area (Å²) in [7, 11) is -2.64. The van der Waals surface area contributed by atoms with Crippen LogP contribution in [-0.4, -0.2) is 37.5 Å². The smallest absolute Gasteiger partial charge is 0.245 e. The molecule has 0 fully saturated rings. The average molecular weight is 286 g/mol. The van der Waals surface area contributed by atoms with E-state index in [1.807, 2.05) is 0 Å². The molecule has 1 rings (SSSR count). The molecule has 0 aromatic heterocycles. The Labute approximate surface area is 111 Å². The van der Waals surface area contributed by atoms with E-state index < -0.39 is 26.8 Å². The van der Waals surface area contributed by atoms with Crippen molar-refractivity contribution in [3.05, 3.63) is 29.6 Å². The molecule has 1 N–H and O–H groups in total. The van der Waals surface area contributed by atoms with Gasteiger partial charge in [-0.05, 0) is 31.5 Å². The highest BCUT2D eigenvalue weighted by Gasteiger charge is 2.24. The summed E-state index contributed by atoms with van der Waals surface area (Å²) >= 11 is 0. The van der Waals surface area contributed by atoms with Crippen molar-refractivity contribution in [2.45, 2.75) is 24.3 Å². The maximum Gasteiger partial charge on any atom is 0.245 e. The van der Waals surface area contributed by atoms with Crippen molar-refractivity contribution in [1.82, 2.24) is 4.31 Å². The SMILES string of the molecule is CC(O)CCN(C)S(=O)(=O)c1ccc(C#N)cc1F. The normalized spacial score (nSPS) is 13.3. The number of hydrogen-bond acceptors (Lipinski definition) is 4. The van der Waals surface area contributed by atoms with Crippen LogP contribution in [0.15, 0.2) is 23.1 Å². The lowest BCUT2D eigenvalue weighted by atomic mass is 10.2. The summed E-state index contributed by atoms with van der Waals surface area (Å²) in [5, 5.41) is 17.7. The summed E-state index contributed by atoms with van der Waals surface area (Å²) < 4.78 is 38.8. The molecule has 0 aliphatic heterocycles. The summed E-state index contributed by atoms with van der Waals surface area (Å²) in [5.41, 5.74) is 0.0584. The molecule has 104 valence electrons. The van der Waals surface area contributed by atoms with Gasteiger partial charge in [-0.1, -0.05) is 0 Å². The zero-order valence-electron chi connectivity index (χ0n) is 10.7. The Morgan fingerprint density at radius 3 is 2.63 bits per heavy atom. The number of sulfonamides is 1. The molecule has 19 heavy (non-hydrogen) atoms. The van der Waals surface area contributed by atoms with Gasteiger partial charge in [0.25, 0.3) is 0 Å². The maximum atomic E-state index is 13.7. The van der Waals surface area contributed by atoms with Crippen LogP contribution in [0.1, 0.15) is 18.9 Å². The summed E-state index contributed by atoms with van der Waals surface area (Å²) in [6.07, 6.45) is -0.378. The van der Waals surface area contributed by atoms with E-state index in [1.165, 1.54) is 13.1 Å². The summed E-state index contributed by atoms with van der Waals surface area (Å²) in [5.74, 6) is -0.956. The molecule has 7 heteroatoms. The van der Waals surface area contributed by atoms with Crippen molar-refractivity contribution in [2.24, 2.45) is 0 Å². The second kappa shape index (κ2) is 6.10. The lowest BCUT2D eigenvalue weighted by Gasteiger charge is -2.18. The van der Waals surface area contributed by atoms with E-state index in [0.717, 1.165) is 16.4 Å². The van der Waals surface area contributed by atoms with Crippen LogP contribution in [0.3, 0.4) is 0 Å². The summed E-state index contributed by atoms with van der Waals surface area (Å²) in [4.78, 5) is -0.473. The number of aliphatic hydroxyl groups is 1. The molecular formula is C12H15FN2O3S. The molecule has 1 aromatic carbocycles. The monoisotopic (exact) mass is 286 g/mol. The van der Waals surface area contributed by atoms with Crippen LogP contribution < -0.4 is 0 Å². The highest BCUT2D eigenvalue weighted by molar-refractivity contribution is 7.89. The summed E-state index contributed by atoms with van der Waals surface area (Å²) in [6.45, 7) is 1.63. The standard InChI is InChI=1S/C12H15FN2O3S/c1-9(16)5-6-15(2)19(17,18)12-4-3-10(8-14)7-11(12)13/h3-4,7,9,16H,5-6H2,1-2H3. The van der Waals surface area contributed by atoms with E-state index in [0.29, 0.717) is 0 Å². The number of aliphatic hydroxyl groups excluding tert-OH is 1. The molecule has 5 nitrogen and oxygen atoms in total. The Morgan fingerprint density at radius 2 is 2.16 bits per heavy atom. The first-order valence-electron chi connectivity index (χ1n) is 5.63. The highest BCUT2D eigenvalue weighted by atomic mass is 32.2. The van der Waals surface area contributed by atoms with Crippen molar-refractivity contribution in [1.29, 1.82) is 5.26 Å². The van der Waals surface area contributed by atoms with Gasteiger partial charge in [0.2, 0.25) is 10.0 Å². The maximum absolute atomic E-state index is 13.7. The van der Waals surface area contributed by atoms with Crippen molar-refractivity contribution in [3.63, 3.8) is 0 Å². The first kappa shape index (κ1) is 15.6. The Morgan fingerprint density at radius 1 is 1.53 bits per heavy atom. The van der Waals surface area contributed by atoms with E-state index in [1.54, 1.807) is 13.0 Å². The van der Waals surface area contributed by atoms with Gasteiger partial charge in [-0.3, -0.25) is 0 Å². The minimum Gasteiger partial charge on any atom is -0.393 e. The van der Waals surface area contributed by atoms with Crippen molar-refractivity contribution in [2.75, 3.05) is 13.6 Å². The Balaban J connectivity index is 3.04. The highest BCUT2D eigenvalue weighted by Crippen LogP contribution is 2.19. The predicted molar refractivity (Wildman–Crippen MR) is 67.2 cm³/mol. The molecule has 1 unspecified atom stereocenters. The van der Waals surface area contributed by atoms with Gasteiger partial charge in [0.15, 0.2) is 0 Å². The molecule has 0 bridgehead atoms. The number of nitrogens with zero attached hydrogens (tertiary/aromatic N) is 2. The topological polar surface area (TPSA) is 81.4 Å². The number of benzene rings is 1. The fourth-order valence-electron chi connectivity index (χ4n) is 1.44. The van der Waals surface area contributed by atoms with Crippen molar-refractivity contribution in [3.8, 4) is 6.07 Å². The van der Waals surface area contributed by atoms with Crippen LogP contribution in [0, 0.1) is 17.1 Å². The minimum atomic E-state index is -3.95. The minimum absolute atomic E-state index is 0.0584. The van der Waals surface area contributed by atoms with Gasteiger partial charge in [-0.25, -0.2) is 17.1 Å². The zero-order chi connectivity index (χ0) is 14.6. The van der Waals surface area contributed by atoms with Gasteiger partial charge < -0.3 is 5.11 Å². The fraction of sp³-hybridized carbons (Fsp3) is 0.417. The third-order valence-corrected chi connectivity index (χ3v) is 4.50. The molecule has 0 spiro atoms. The lowest BCUT2D eigenvalue weighted by Crippen LogP contribution is -2.30. The van der Waals surface area contributed by atoms with Crippen molar-refractivity contribution >= 4 is 10.0 Å². The van der Waals surface area contributed by atoms with Crippen LogP contribution in [0.2, 0.25) is 0 Å². The quantitative estimate of drug-likeness (QED) is 0.878. The Bertz CT molecular complexity index is 593. The molecule has 0 saturated carbocycles. The largest absolute Gasteiger partial charge is 0.393 e. The first-order chi connectivity index (χ1) is 8.78. The lowest BCUT2D eigenvalue weighted by molar-refractivity contribution is 0.177. The van der Waals surface area contributed by atoms with E-state index in [-0.39, 0.29) is 18.5 Å². The average Bonchev–Trinajstić information content (AvgIpc) is 2.35. The van der Waals surface area contributed by atoms with Crippen LogP contribution in [0.25, 0.3) is 0 Å². The van der Waals surface area contributed by atoms with Gasteiger partial charge in [-0.15, -0.1) is 0 Å². The Hall–Kier alpha value is -1.49. The van der Waals surface area contributed by atoms with E-state index in [9.17, 15) is 12.8 Å². The van der Waals surface area contributed by atoms with E-state index in [2.05, 4.69) is 0 Å². The molecule has 0 radical (unpaired) electrons. The molecule has 1 atom stereocenters. The van der Waals surface area contributed by atoms with E-state index >= 15 is 0 Å². The number of nitriles is 1. The number of hydrogen-bond donors (Lipinski definition) is 1. The third kappa shape index (κ3) is 3.73. The zero-order valence-corrected chi connectivity index (χ0v) is 11.5. The molecule has 0 aliphatic rings. The molecule has 0 aliphatic carbocycles. The molecular weight excluding hydrogens is 271 g/mol. The molecule has 0 amide bonds. The Kier molecular flexibility index (Phi) is 5.00. The van der Waals surface area contributed by atoms with Gasteiger partial charge in [-0.2, -0.15) is 5.26 Å². The van der Waals surface area contributed by atoms with Gasteiger partial charge in [0.1, 0.15) is 10.7 Å². The van der Waals surface area contributed by atoms with Crippen molar-refractivity contribution < 1.29 is 17.9 Å². The van der Waals surface area contributed by atoms with Gasteiger partial charge >= 0.3 is 0 Å². The summed E-state index contributed by atoms with van der Waals surface area (Å²) in [6, 6.07) is 4.94. The van der Waals surface area contributed by atoms with Crippen LogP contribution in [-0.2, 0) is 10.0 Å². The predicted octanol–water partition coefficient (Wildman–Crippen LogP) is 1.09.